The molecule has 0 saturated heterocycles. The van der Waals surface area contributed by atoms with Crippen LogP contribution in [0.4, 0.5) is 11.4 Å². The number of rotatable bonds is 2. The number of hydrogen-bond donors (Lipinski definition) is 2. The summed E-state index contributed by atoms with van der Waals surface area (Å²) >= 11 is 2.26. The van der Waals surface area contributed by atoms with Gasteiger partial charge in [-0.15, -0.1) is 0 Å². The monoisotopic (exact) mass is 318 g/mol. The van der Waals surface area contributed by atoms with Crippen molar-refractivity contribution in [1.82, 2.24) is 0 Å². The molecule has 1 atom stereocenters. The second-order valence-corrected chi connectivity index (χ2v) is 6.21. The van der Waals surface area contributed by atoms with Crippen LogP contribution in [0.15, 0.2) is 18.2 Å². The number of anilines is 2. The average molecular weight is 318 g/mol. The second kappa shape index (κ2) is 4.60. The highest BCUT2D eigenvalue weighted by atomic mass is 127. The van der Waals surface area contributed by atoms with Gasteiger partial charge in [-0.05, 0) is 53.1 Å². The molecule has 0 saturated carbocycles. The van der Waals surface area contributed by atoms with E-state index in [2.05, 4.69) is 61.7 Å². The lowest BCUT2D eigenvalue weighted by Crippen LogP contribution is -2.31. The Morgan fingerprint density at radius 3 is 2.40 bits per heavy atom. The van der Waals surface area contributed by atoms with Crippen molar-refractivity contribution in [3.63, 3.8) is 0 Å². The van der Waals surface area contributed by atoms with Crippen molar-refractivity contribution in [2.45, 2.75) is 33.7 Å². The molecule has 84 valence electrons. The van der Waals surface area contributed by atoms with Crippen LogP contribution in [0.3, 0.4) is 0 Å². The first-order valence-electron chi connectivity index (χ1n) is 5.12. The van der Waals surface area contributed by atoms with Crippen LogP contribution in [0.2, 0.25) is 0 Å². The van der Waals surface area contributed by atoms with Crippen LogP contribution in [-0.2, 0) is 0 Å². The lowest BCUT2D eigenvalue weighted by Gasteiger charge is -2.29. The molecule has 1 unspecified atom stereocenters. The fourth-order valence-corrected chi connectivity index (χ4v) is 1.63. The van der Waals surface area contributed by atoms with Gasteiger partial charge in [-0.2, -0.15) is 0 Å². The van der Waals surface area contributed by atoms with Crippen LogP contribution in [-0.4, -0.2) is 6.04 Å². The molecule has 1 aromatic rings. The molecule has 0 aliphatic rings. The van der Waals surface area contributed by atoms with Crippen LogP contribution < -0.4 is 11.1 Å². The molecule has 0 aliphatic heterocycles. The Hall–Kier alpha value is -0.450. The second-order valence-electron chi connectivity index (χ2n) is 4.96. The minimum atomic E-state index is 0.232. The van der Waals surface area contributed by atoms with E-state index >= 15 is 0 Å². The number of nitrogen functional groups attached to an aromatic ring is 1. The molecule has 0 bridgehead atoms. The van der Waals surface area contributed by atoms with Crippen molar-refractivity contribution >= 4 is 34.0 Å². The first-order chi connectivity index (χ1) is 6.80. The summed E-state index contributed by atoms with van der Waals surface area (Å²) in [6.45, 7) is 8.83. The maximum absolute atomic E-state index is 5.95. The molecule has 0 aliphatic carbocycles. The summed E-state index contributed by atoms with van der Waals surface area (Å²) in [5, 5.41) is 3.45. The molecule has 3 heteroatoms. The number of nitrogens with two attached hydrogens (primary N) is 1. The summed E-state index contributed by atoms with van der Waals surface area (Å²) in [5.74, 6) is 0. The van der Waals surface area contributed by atoms with E-state index in [4.69, 9.17) is 5.73 Å². The summed E-state index contributed by atoms with van der Waals surface area (Å²) < 4.78 is 1.17. The molecule has 0 spiro atoms. The Bertz CT molecular complexity index is 342. The van der Waals surface area contributed by atoms with Gasteiger partial charge in [0.2, 0.25) is 0 Å². The lowest BCUT2D eigenvalue weighted by molar-refractivity contribution is 0.359. The van der Waals surface area contributed by atoms with Gasteiger partial charge in [0.1, 0.15) is 0 Å². The Balaban J connectivity index is 2.82. The van der Waals surface area contributed by atoms with Gasteiger partial charge in [0, 0.05) is 9.61 Å². The van der Waals surface area contributed by atoms with E-state index in [-0.39, 0.29) is 5.41 Å². The molecule has 0 aromatic heterocycles. The van der Waals surface area contributed by atoms with E-state index in [1.54, 1.807) is 0 Å². The van der Waals surface area contributed by atoms with Gasteiger partial charge in [0.25, 0.3) is 0 Å². The van der Waals surface area contributed by atoms with Gasteiger partial charge in [-0.3, -0.25) is 0 Å². The van der Waals surface area contributed by atoms with E-state index < -0.39 is 0 Å². The predicted octanol–water partition coefficient (Wildman–Crippen LogP) is 3.72. The highest BCUT2D eigenvalue weighted by Gasteiger charge is 2.20. The zero-order valence-electron chi connectivity index (χ0n) is 9.76. The van der Waals surface area contributed by atoms with E-state index in [0.29, 0.717) is 6.04 Å². The van der Waals surface area contributed by atoms with Crippen LogP contribution in [0, 0.1) is 8.99 Å². The maximum Gasteiger partial charge on any atom is 0.0576 e. The molecule has 1 rings (SSSR count). The first kappa shape index (κ1) is 12.6. The fourth-order valence-electron chi connectivity index (χ4n) is 1.11. The number of hydrogen-bond acceptors (Lipinski definition) is 2. The zero-order chi connectivity index (χ0) is 11.6. The van der Waals surface area contributed by atoms with Crippen molar-refractivity contribution < 1.29 is 0 Å². The van der Waals surface area contributed by atoms with E-state index in [9.17, 15) is 0 Å². The normalized spacial score (nSPS) is 13.7. The van der Waals surface area contributed by atoms with Gasteiger partial charge in [0.05, 0.1) is 11.4 Å². The molecule has 0 fully saturated rings. The van der Waals surface area contributed by atoms with Crippen LogP contribution in [0.5, 0.6) is 0 Å². The third-order valence-electron chi connectivity index (χ3n) is 2.68. The van der Waals surface area contributed by atoms with Crippen molar-refractivity contribution in [2.75, 3.05) is 11.1 Å². The van der Waals surface area contributed by atoms with Gasteiger partial charge in [-0.1, -0.05) is 20.8 Å². The van der Waals surface area contributed by atoms with Gasteiger partial charge in [-0.25, -0.2) is 0 Å². The standard InChI is InChI=1S/C12H19IN2/c1-8(12(2,3)4)15-11-6-5-9(13)7-10(11)14/h5-8,15H,14H2,1-4H3. The first-order valence-corrected chi connectivity index (χ1v) is 6.20. The summed E-state index contributed by atoms with van der Waals surface area (Å²) in [7, 11) is 0. The van der Waals surface area contributed by atoms with E-state index in [0.717, 1.165) is 11.4 Å². The molecule has 3 N–H and O–H groups in total. The number of halogens is 1. The fraction of sp³-hybridized carbons (Fsp3) is 0.500. The maximum atomic E-state index is 5.95. The highest BCUT2D eigenvalue weighted by Crippen LogP contribution is 2.26. The molecule has 15 heavy (non-hydrogen) atoms. The summed E-state index contributed by atoms with van der Waals surface area (Å²) in [6, 6.07) is 6.48. The average Bonchev–Trinajstić information content (AvgIpc) is 2.08. The third kappa shape index (κ3) is 3.55. The van der Waals surface area contributed by atoms with Crippen molar-refractivity contribution in [2.24, 2.45) is 5.41 Å². The minimum Gasteiger partial charge on any atom is -0.397 e. The molecule has 0 amide bonds. The van der Waals surface area contributed by atoms with Crippen molar-refractivity contribution in [3.8, 4) is 0 Å². The minimum absolute atomic E-state index is 0.232. The number of benzene rings is 1. The van der Waals surface area contributed by atoms with Crippen LogP contribution in [0.1, 0.15) is 27.7 Å². The molecular formula is C12H19IN2. The Kier molecular flexibility index (Phi) is 3.87. The van der Waals surface area contributed by atoms with Crippen molar-refractivity contribution in [1.29, 1.82) is 0 Å². The molecular weight excluding hydrogens is 299 g/mol. The summed E-state index contributed by atoms with van der Waals surface area (Å²) in [4.78, 5) is 0. The van der Waals surface area contributed by atoms with Crippen LogP contribution >= 0.6 is 22.6 Å². The van der Waals surface area contributed by atoms with Crippen molar-refractivity contribution in [3.05, 3.63) is 21.8 Å². The molecule has 0 radical (unpaired) electrons. The predicted molar refractivity (Wildman–Crippen MR) is 76.1 cm³/mol. The van der Waals surface area contributed by atoms with Gasteiger partial charge in [0.15, 0.2) is 0 Å². The number of nitrogens with one attached hydrogen (secondary N) is 1. The lowest BCUT2D eigenvalue weighted by atomic mass is 9.88. The largest absolute Gasteiger partial charge is 0.397 e. The smallest absolute Gasteiger partial charge is 0.0576 e. The van der Waals surface area contributed by atoms with E-state index in [1.165, 1.54) is 3.57 Å². The highest BCUT2D eigenvalue weighted by molar-refractivity contribution is 14.1. The molecule has 0 heterocycles. The zero-order valence-corrected chi connectivity index (χ0v) is 11.9. The Morgan fingerprint density at radius 2 is 1.93 bits per heavy atom. The summed E-state index contributed by atoms with van der Waals surface area (Å²) in [5.41, 5.74) is 8.02. The van der Waals surface area contributed by atoms with E-state index in [1.807, 2.05) is 12.1 Å². The van der Waals surface area contributed by atoms with Gasteiger partial charge < -0.3 is 11.1 Å². The third-order valence-corrected chi connectivity index (χ3v) is 3.36. The quantitative estimate of drug-likeness (QED) is 0.644. The topological polar surface area (TPSA) is 38.0 Å². The molecule has 2 nitrogen and oxygen atoms in total. The Morgan fingerprint density at radius 1 is 1.33 bits per heavy atom. The summed E-state index contributed by atoms with van der Waals surface area (Å²) in [6.07, 6.45) is 0. The van der Waals surface area contributed by atoms with Crippen LogP contribution in [0.25, 0.3) is 0 Å². The molecule has 1 aromatic carbocycles. The Labute approximate surface area is 106 Å². The SMILES string of the molecule is CC(Nc1ccc(I)cc1N)C(C)(C)C. The van der Waals surface area contributed by atoms with Gasteiger partial charge >= 0.3 is 0 Å².